The fraction of sp³-hybridized carbons (Fsp3) is 1.00. The van der Waals surface area contributed by atoms with Crippen LogP contribution in [0.3, 0.4) is 0 Å². The summed E-state index contributed by atoms with van der Waals surface area (Å²) in [7, 11) is 0. The highest BCUT2D eigenvalue weighted by molar-refractivity contribution is 6.24. The van der Waals surface area contributed by atoms with Crippen LogP contribution in [0.15, 0.2) is 0 Å². The normalized spacial score (nSPS) is 31.5. The Bertz CT molecular complexity index is 235. The van der Waals surface area contributed by atoms with E-state index in [1.54, 1.807) is 41.5 Å². The molecule has 1 aliphatic rings. The molecule has 0 bridgehead atoms. The third-order valence-electron chi connectivity index (χ3n) is 2.42. The lowest BCUT2D eigenvalue weighted by molar-refractivity contribution is -0.399. The van der Waals surface area contributed by atoms with Gasteiger partial charge in [0.2, 0.25) is 0 Å². The predicted molar refractivity (Wildman–Crippen MR) is 74.4 cm³/mol. The zero-order valence-electron chi connectivity index (χ0n) is 11.6. The van der Waals surface area contributed by atoms with Crippen molar-refractivity contribution in [1.82, 2.24) is 0 Å². The van der Waals surface area contributed by atoms with E-state index in [0.717, 1.165) is 0 Å². The molecule has 0 spiro atoms. The van der Waals surface area contributed by atoms with Gasteiger partial charge in [-0.25, -0.2) is 0 Å². The van der Waals surface area contributed by atoms with Crippen molar-refractivity contribution in [3.8, 4) is 0 Å². The minimum atomic E-state index is -0.704. The second-order valence-electron chi connectivity index (χ2n) is 6.10. The average Bonchev–Trinajstić information content (AvgIpc) is 2.13. The first-order valence-electron chi connectivity index (χ1n) is 5.85. The zero-order chi connectivity index (χ0) is 14.4. The molecule has 108 valence electrons. The van der Waals surface area contributed by atoms with Crippen molar-refractivity contribution in [2.24, 2.45) is 0 Å². The van der Waals surface area contributed by atoms with E-state index in [1.165, 1.54) is 0 Å². The minimum Gasteiger partial charge on any atom is -0.320 e. The summed E-state index contributed by atoms with van der Waals surface area (Å²) in [5.74, 6) is 0. The van der Waals surface area contributed by atoms with Crippen molar-refractivity contribution in [3.05, 3.63) is 0 Å². The van der Waals surface area contributed by atoms with Crippen molar-refractivity contribution in [2.75, 3.05) is 0 Å². The molecule has 18 heavy (non-hydrogen) atoms. The van der Waals surface area contributed by atoms with Crippen LogP contribution in [0.25, 0.3) is 0 Å². The second-order valence-corrected chi connectivity index (χ2v) is 9.02. The lowest BCUT2D eigenvalue weighted by Gasteiger charge is -2.46. The minimum absolute atomic E-state index is 0.640. The Kier molecular flexibility index (Phi) is 4.92. The van der Waals surface area contributed by atoms with Crippen LogP contribution in [-0.4, -0.2) is 33.5 Å². The molecule has 1 fully saturated rings. The van der Waals surface area contributed by atoms with E-state index in [1.807, 2.05) is 0 Å². The molecule has 0 radical (unpaired) electrons. The van der Waals surface area contributed by atoms with Gasteiger partial charge in [-0.2, -0.15) is 0 Å². The van der Waals surface area contributed by atoms with Gasteiger partial charge in [0.25, 0.3) is 0 Å². The van der Waals surface area contributed by atoms with Gasteiger partial charge in [0.1, 0.15) is 0 Å². The molecule has 3 nitrogen and oxygen atoms in total. The summed E-state index contributed by atoms with van der Waals surface area (Å²) in [6.45, 7) is 10.8. The molecule has 1 heterocycles. The maximum Gasteiger partial charge on any atom is 0.182 e. The highest BCUT2D eigenvalue weighted by Gasteiger charge is 2.47. The van der Waals surface area contributed by atoms with Gasteiger partial charge >= 0.3 is 0 Å². The lowest BCUT2D eigenvalue weighted by atomic mass is 10.1. The number of ether oxygens (including phenoxy) is 3. The van der Waals surface area contributed by atoms with Gasteiger partial charge in [0.15, 0.2) is 18.9 Å². The maximum atomic E-state index is 6.25. The van der Waals surface area contributed by atoms with Crippen molar-refractivity contribution in [2.45, 2.75) is 75.0 Å². The van der Waals surface area contributed by atoms with E-state index in [-0.39, 0.29) is 0 Å². The van der Waals surface area contributed by atoms with Crippen molar-refractivity contribution in [3.63, 3.8) is 0 Å². The van der Waals surface area contributed by atoms with Gasteiger partial charge in [-0.05, 0) is 41.5 Å². The topological polar surface area (TPSA) is 27.7 Å². The Morgan fingerprint density at radius 2 is 0.722 bits per heavy atom. The Labute approximate surface area is 124 Å². The van der Waals surface area contributed by atoms with Gasteiger partial charge < -0.3 is 14.2 Å². The standard InChI is InChI=1S/C12H21Cl3O3/c1-10(2,13)7-16-8(11(3,4)14)18-9(17-7)12(5,6)15/h7-9H,1-6H3. The Hall–Kier alpha value is 0.750. The van der Waals surface area contributed by atoms with Crippen LogP contribution in [0.1, 0.15) is 41.5 Å². The fourth-order valence-electron chi connectivity index (χ4n) is 1.40. The Balaban J connectivity index is 2.93. The fourth-order valence-corrected chi connectivity index (χ4v) is 1.71. The van der Waals surface area contributed by atoms with E-state index >= 15 is 0 Å². The molecule has 0 N–H and O–H groups in total. The third kappa shape index (κ3) is 4.39. The van der Waals surface area contributed by atoms with Crippen LogP contribution in [0.4, 0.5) is 0 Å². The van der Waals surface area contributed by atoms with Gasteiger partial charge in [-0.1, -0.05) is 0 Å². The summed E-state index contributed by atoms with van der Waals surface area (Å²) in [4.78, 5) is -2.11. The highest BCUT2D eigenvalue weighted by Crippen LogP contribution is 2.38. The summed E-state index contributed by atoms with van der Waals surface area (Å²) in [6.07, 6.45) is -1.92. The summed E-state index contributed by atoms with van der Waals surface area (Å²) in [6, 6.07) is 0. The maximum absolute atomic E-state index is 6.25. The SMILES string of the molecule is CC(C)(Cl)C1OC(C(C)(C)Cl)OC(C(C)(C)Cl)O1. The van der Waals surface area contributed by atoms with Crippen LogP contribution in [0.2, 0.25) is 0 Å². The average molecular weight is 320 g/mol. The molecular weight excluding hydrogens is 298 g/mol. The number of hydrogen-bond acceptors (Lipinski definition) is 3. The summed E-state index contributed by atoms with van der Waals surface area (Å²) in [5, 5.41) is 0. The molecule has 0 aliphatic carbocycles. The monoisotopic (exact) mass is 318 g/mol. The molecule has 0 aromatic carbocycles. The van der Waals surface area contributed by atoms with Crippen LogP contribution in [0, 0.1) is 0 Å². The number of rotatable bonds is 3. The molecule has 0 atom stereocenters. The lowest BCUT2D eigenvalue weighted by Crippen LogP contribution is -2.56. The Morgan fingerprint density at radius 3 is 0.833 bits per heavy atom. The van der Waals surface area contributed by atoms with E-state index in [4.69, 9.17) is 49.0 Å². The van der Waals surface area contributed by atoms with Gasteiger partial charge in [-0.15, -0.1) is 34.8 Å². The van der Waals surface area contributed by atoms with E-state index < -0.39 is 33.5 Å². The van der Waals surface area contributed by atoms with E-state index in [2.05, 4.69) is 0 Å². The van der Waals surface area contributed by atoms with Crippen LogP contribution >= 0.6 is 34.8 Å². The van der Waals surface area contributed by atoms with Crippen LogP contribution in [-0.2, 0) is 14.2 Å². The highest BCUT2D eigenvalue weighted by atomic mass is 35.5. The molecule has 1 rings (SSSR count). The molecule has 0 aromatic rings. The molecule has 0 amide bonds. The quantitative estimate of drug-likeness (QED) is 0.734. The predicted octanol–water partition coefficient (Wildman–Crippen LogP) is 4.08. The first-order valence-corrected chi connectivity index (χ1v) is 6.98. The number of alkyl halides is 3. The van der Waals surface area contributed by atoms with E-state index in [0.29, 0.717) is 0 Å². The summed E-state index contributed by atoms with van der Waals surface area (Å²) >= 11 is 18.8. The van der Waals surface area contributed by atoms with E-state index in [9.17, 15) is 0 Å². The van der Waals surface area contributed by atoms with Crippen LogP contribution in [0.5, 0.6) is 0 Å². The summed E-state index contributed by atoms with van der Waals surface area (Å²) in [5.41, 5.74) is 0. The van der Waals surface area contributed by atoms with Crippen LogP contribution < -0.4 is 0 Å². The zero-order valence-corrected chi connectivity index (χ0v) is 13.9. The molecular formula is C12H21Cl3O3. The molecule has 1 saturated heterocycles. The molecule has 0 unspecified atom stereocenters. The first-order chi connectivity index (χ1) is 7.82. The third-order valence-corrected chi connectivity index (χ3v) is 2.96. The number of hydrogen-bond donors (Lipinski definition) is 0. The van der Waals surface area contributed by atoms with Gasteiger partial charge in [0, 0.05) is 0 Å². The molecule has 0 aromatic heterocycles. The second kappa shape index (κ2) is 5.27. The number of halogens is 3. The van der Waals surface area contributed by atoms with Crippen molar-refractivity contribution >= 4 is 34.8 Å². The smallest absolute Gasteiger partial charge is 0.182 e. The Morgan fingerprint density at radius 1 is 0.556 bits per heavy atom. The van der Waals surface area contributed by atoms with Crippen molar-refractivity contribution in [1.29, 1.82) is 0 Å². The molecule has 1 aliphatic heterocycles. The first kappa shape index (κ1) is 16.8. The van der Waals surface area contributed by atoms with Gasteiger partial charge in [-0.3, -0.25) is 0 Å². The van der Waals surface area contributed by atoms with Gasteiger partial charge in [0.05, 0.1) is 14.6 Å². The molecule has 0 saturated carbocycles. The molecule has 6 heteroatoms. The summed E-state index contributed by atoms with van der Waals surface area (Å²) < 4.78 is 17.0. The van der Waals surface area contributed by atoms with Crippen molar-refractivity contribution < 1.29 is 14.2 Å². The largest absolute Gasteiger partial charge is 0.320 e.